The third kappa shape index (κ3) is 5.76. The van der Waals surface area contributed by atoms with Crippen molar-refractivity contribution < 1.29 is 24.1 Å². The lowest BCUT2D eigenvalue weighted by Gasteiger charge is -2.41. The third-order valence-electron chi connectivity index (χ3n) is 5.06. The van der Waals surface area contributed by atoms with E-state index in [2.05, 4.69) is 5.32 Å². The van der Waals surface area contributed by atoms with Crippen molar-refractivity contribution in [1.29, 1.82) is 0 Å². The van der Waals surface area contributed by atoms with Gasteiger partial charge >= 0.3 is 6.09 Å². The van der Waals surface area contributed by atoms with Crippen LogP contribution in [0, 0.1) is 16.5 Å². The number of hydroxylamine groups is 2. The van der Waals surface area contributed by atoms with Gasteiger partial charge in [0.2, 0.25) is 0 Å². The van der Waals surface area contributed by atoms with Crippen molar-refractivity contribution in [3.05, 3.63) is 5.21 Å². The Labute approximate surface area is 175 Å². The SMILES string of the molecule is CC(C)(C)[C@H](NC(=O)OCC1CC1)[NH+]([O-])CN1CC2(O[C@H]1C=O)SCCCS2. The van der Waals surface area contributed by atoms with Crippen LogP contribution in [0.15, 0.2) is 0 Å². The van der Waals surface area contributed by atoms with Crippen LogP contribution in [-0.4, -0.2) is 65.3 Å². The van der Waals surface area contributed by atoms with Gasteiger partial charge in [0.1, 0.15) is 6.67 Å². The van der Waals surface area contributed by atoms with E-state index >= 15 is 0 Å². The molecule has 3 atom stereocenters. The van der Waals surface area contributed by atoms with E-state index in [1.165, 1.54) is 0 Å². The van der Waals surface area contributed by atoms with Crippen molar-refractivity contribution in [2.75, 3.05) is 31.3 Å². The van der Waals surface area contributed by atoms with E-state index in [0.717, 1.165) is 37.1 Å². The van der Waals surface area contributed by atoms with Gasteiger partial charge in [-0.15, -0.1) is 23.5 Å². The van der Waals surface area contributed by atoms with E-state index in [1.807, 2.05) is 20.8 Å². The maximum absolute atomic E-state index is 13.1. The van der Waals surface area contributed by atoms with Crippen LogP contribution in [-0.2, 0) is 14.3 Å². The molecule has 2 aliphatic heterocycles. The molecule has 0 aromatic heterocycles. The van der Waals surface area contributed by atoms with Crippen LogP contribution in [0.5, 0.6) is 0 Å². The Morgan fingerprint density at radius 1 is 1.43 bits per heavy atom. The molecule has 160 valence electrons. The number of alkyl carbamates (subject to hydrolysis) is 1. The first-order valence-electron chi connectivity index (χ1n) is 9.83. The number of quaternary nitrogens is 1. The molecule has 3 rings (SSSR count). The zero-order valence-corrected chi connectivity index (χ0v) is 18.4. The Kier molecular flexibility index (Phi) is 7.20. The number of rotatable bonds is 7. The Bertz CT molecular complexity index is 564. The number of nitrogens with zero attached hydrogens (tertiary/aromatic N) is 1. The number of ether oxygens (including phenoxy) is 2. The molecule has 1 amide bonds. The summed E-state index contributed by atoms with van der Waals surface area (Å²) in [5.74, 6) is 2.44. The zero-order valence-electron chi connectivity index (χ0n) is 16.8. The maximum atomic E-state index is 13.1. The number of aldehydes is 1. The van der Waals surface area contributed by atoms with Crippen LogP contribution >= 0.6 is 23.5 Å². The molecule has 0 radical (unpaired) electrons. The smallest absolute Gasteiger partial charge is 0.411 e. The lowest BCUT2D eigenvalue weighted by molar-refractivity contribution is -0.897. The summed E-state index contributed by atoms with van der Waals surface area (Å²) in [5, 5.41) is 15.7. The molecule has 2 N–H and O–H groups in total. The third-order valence-corrected chi connectivity index (χ3v) is 8.09. The molecule has 1 aliphatic carbocycles. The van der Waals surface area contributed by atoms with Crippen LogP contribution in [0.3, 0.4) is 0 Å². The van der Waals surface area contributed by atoms with Gasteiger partial charge in [-0.05, 0) is 36.7 Å². The lowest BCUT2D eigenvalue weighted by Crippen LogP contribution is -3.16. The first-order valence-corrected chi connectivity index (χ1v) is 11.8. The monoisotopic (exact) mass is 433 g/mol. The molecule has 2 saturated heterocycles. The molecule has 8 nitrogen and oxygen atoms in total. The number of carbonyl (C=O) groups is 2. The maximum Gasteiger partial charge on any atom is 0.411 e. The van der Waals surface area contributed by atoms with E-state index in [1.54, 1.807) is 28.4 Å². The largest absolute Gasteiger partial charge is 0.632 e. The van der Waals surface area contributed by atoms with Crippen molar-refractivity contribution in [1.82, 2.24) is 10.2 Å². The van der Waals surface area contributed by atoms with Gasteiger partial charge in [0.05, 0.1) is 13.2 Å². The van der Waals surface area contributed by atoms with E-state index < -0.39 is 28.2 Å². The van der Waals surface area contributed by atoms with Crippen molar-refractivity contribution in [2.45, 2.75) is 56.7 Å². The predicted octanol–water partition coefficient (Wildman–Crippen LogP) is 1.22. The highest BCUT2D eigenvalue weighted by atomic mass is 32.2. The minimum Gasteiger partial charge on any atom is -0.632 e. The highest BCUT2D eigenvalue weighted by Gasteiger charge is 2.48. The summed E-state index contributed by atoms with van der Waals surface area (Å²) in [7, 11) is 0. The summed E-state index contributed by atoms with van der Waals surface area (Å²) in [5.41, 5.74) is -0.473. The summed E-state index contributed by atoms with van der Waals surface area (Å²) in [6.45, 7) is 6.69. The molecule has 3 aliphatic rings. The first kappa shape index (κ1) is 22.2. The van der Waals surface area contributed by atoms with Crippen LogP contribution in [0.4, 0.5) is 4.79 Å². The van der Waals surface area contributed by atoms with Gasteiger partial charge in [-0.3, -0.25) is 10.1 Å². The standard InChI is InChI=1S/C18H31N3O5S2/c1-17(2,3)15(19-16(23)25-10-13-5-6-13)21(24)12-20-11-18(26-14(20)9-22)27-7-4-8-28-18/h9,13-15,21H,4-8,10-12H2,1-3H3,(H,19,23)/t14-,15+/m0/s1. The molecule has 0 bridgehead atoms. The summed E-state index contributed by atoms with van der Waals surface area (Å²) >= 11 is 3.40. The average Bonchev–Trinajstić information content (AvgIpc) is 3.41. The van der Waals surface area contributed by atoms with Gasteiger partial charge in [0, 0.05) is 5.41 Å². The molecule has 2 heterocycles. The molecule has 1 spiro atoms. The number of carbonyl (C=O) groups excluding carboxylic acids is 2. The second-order valence-corrected chi connectivity index (χ2v) is 11.7. The van der Waals surface area contributed by atoms with Gasteiger partial charge in [-0.2, -0.15) is 0 Å². The van der Waals surface area contributed by atoms with Crippen LogP contribution in [0.1, 0.15) is 40.0 Å². The number of amides is 1. The Morgan fingerprint density at radius 2 is 2.11 bits per heavy atom. The fraction of sp³-hybridized carbons (Fsp3) is 0.889. The van der Waals surface area contributed by atoms with Crippen molar-refractivity contribution >= 4 is 35.9 Å². The van der Waals surface area contributed by atoms with E-state index in [0.29, 0.717) is 19.1 Å². The summed E-state index contributed by atoms with van der Waals surface area (Å²) < 4.78 is 10.8. The zero-order chi connectivity index (χ0) is 20.4. The summed E-state index contributed by atoms with van der Waals surface area (Å²) in [6, 6.07) is 0. The molecule has 10 heteroatoms. The van der Waals surface area contributed by atoms with Crippen molar-refractivity contribution in [3.8, 4) is 0 Å². The first-order chi connectivity index (χ1) is 13.2. The van der Waals surface area contributed by atoms with E-state index in [4.69, 9.17) is 9.47 Å². The van der Waals surface area contributed by atoms with E-state index in [-0.39, 0.29) is 11.7 Å². The minimum atomic E-state index is -0.732. The van der Waals surface area contributed by atoms with Crippen LogP contribution in [0.25, 0.3) is 0 Å². The molecule has 28 heavy (non-hydrogen) atoms. The average molecular weight is 434 g/mol. The summed E-state index contributed by atoms with van der Waals surface area (Å²) in [4.78, 5) is 25.5. The Morgan fingerprint density at radius 3 is 2.68 bits per heavy atom. The molecule has 1 unspecified atom stereocenters. The van der Waals surface area contributed by atoms with Crippen molar-refractivity contribution in [3.63, 3.8) is 0 Å². The molecular weight excluding hydrogens is 402 g/mol. The fourth-order valence-electron chi connectivity index (χ4n) is 3.32. The second kappa shape index (κ2) is 9.09. The van der Waals surface area contributed by atoms with E-state index in [9.17, 15) is 14.8 Å². The molecule has 1 saturated carbocycles. The Hall–Kier alpha value is -0.520. The number of thioether (sulfide) groups is 2. The topological polar surface area (TPSA) is 95.4 Å². The molecule has 0 aromatic rings. The van der Waals surface area contributed by atoms with Gasteiger partial charge in [-0.1, -0.05) is 20.8 Å². The normalized spacial score (nSPS) is 27.4. The molecule has 0 aromatic carbocycles. The number of nitrogens with one attached hydrogen (secondary N) is 2. The number of hydrogen-bond donors (Lipinski definition) is 2. The fourth-order valence-corrected chi connectivity index (χ4v) is 6.38. The predicted molar refractivity (Wildman–Crippen MR) is 110 cm³/mol. The van der Waals surface area contributed by atoms with Gasteiger partial charge < -0.3 is 19.7 Å². The lowest BCUT2D eigenvalue weighted by atomic mass is 9.92. The minimum absolute atomic E-state index is 0.0527. The van der Waals surface area contributed by atoms with Crippen LogP contribution < -0.4 is 10.4 Å². The second-order valence-electron chi connectivity index (χ2n) is 8.73. The van der Waals surface area contributed by atoms with Crippen LogP contribution in [0.2, 0.25) is 0 Å². The highest BCUT2D eigenvalue weighted by Crippen LogP contribution is 2.47. The highest BCUT2D eigenvalue weighted by molar-refractivity contribution is 8.18. The van der Waals surface area contributed by atoms with Gasteiger partial charge in [0.15, 0.2) is 22.9 Å². The van der Waals surface area contributed by atoms with Crippen molar-refractivity contribution in [2.24, 2.45) is 11.3 Å². The summed E-state index contributed by atoms with van der Waals surface area (Å²) in [6.07, 6.45) is 2.06. The Balaban J connectivity index is 1.60. The molecule has 3 fully saturated rings. The van der Waals surface area contributed by atoms with Gasteiger partial charge in [-0.25, -0.2) is 9.69 Å². The van der Waals surface area contributed by atoms with Gasteiger partial charge in [0.25, 0.3) is 0 Å². The number of hydrogen-bond acceptors (Lipinski definition) is 8. The quantitative estimate of drug-likeness (QED) is 0.352. The molecular formula is C18H31N3O5S2.